The molecule has 1 atom stereocenters. The van der Waals surface area contributed by atoms with Crippen LogP contribution in [-0.2, 0) is 0 Å². The average molecular weight is 425 g/mol. The van der Waals surface area contributed by atoms with Crippen molar-refractivity contribution in [3.8, 4) is 6.19 Å². The summed E-state index contributed by atoms with van der Waals surface area (Å²) in [5.41, 5.74) is 2.55. The second kappa shape index (κ2) is 9.99. The number of anilines is 1. The van der Waals surface area contributed by atoms with Crippen LogP contribution in [-0.4, -0.2) is 47.5 Å². The number of nitrogens with zero attached hydrogens (tertiary/aromatic N) is 4. The number of aliphatic imine (C=N–C) groups is 1. The molecule has 0 aromatic heterocycles. The number of halogens is 1. The number of hydrogen-bond donors (Lipinski definition) is 2. The van der Waals surface area contributed by atoms with E-state index >= 15 is 0 Å². The topological polar surface area (TPSA) is 83.8 Å². The van der Waals surface area contributed by atoms with Gasteiger partial charge in [0.05, 0.1) is 11.7 Å². The van der Waals surface area contributed by atoms with Gasteiger partial charge in [-0.05, 0) is 49.2 Å². The first-order valence-electron chi connectivity index (χ1n) is 9.89. The molecule has 30 heavy (non-hydrogen) atoms. The molecule has 0 bridgehead atoms. The maximum absolute atomic E-state index is 12.8. The van der Waals surface area contributed by atoms with Crippen molar-refractivity contribution in [2.45, 2.75) is 26.3 Å². The molecule has 156 valence electrons. The van der Waals surface area contributed by atoms with Crippen LogP contribution < -0.4 is 10.6 Å². The summed E-state index contributed by atoms with van der Waals surface area (Å²) in [7, 11) is 0. The van der Waals surface area contributed by atoms with E-state index in [0.29, 0.717) is 36.3 Å². The Bertz CT molecular complexity index is 953. The number of amides is 2. The first-order valence-corrected chi connectivity index (χ1v) is 10.3. The number of aryl methyl sites for hydroxylation is 1. The minimum Gasteiger partial charge on any atom is -0.338 e. The lowest BCUT2D eigenvalue weighted by molar-refractivity contribution is 0.132. The molecule has 1 heterocycles. The molecule has 2 N–H and O–H groups in total. The molecule has 0 aliphatic carbocycles. The summed E-state index contributed by atoms with van der Waals surface area (Å²) in [5.74, 6) is 0.503. The third kappa shape index (κ3) is 5.22. The fourth-order valence-corrected chi connectivity index (χ4v) is 3.55. The summed E-state index contributed by atoms with van der Waals surface area (Å²) < 4.78 is 0. The largest absolute Gasteiger partial charge is 0.338 e. The molecule has 1 unspecified atom stereocenters. The summed E-state index contributed by atoms with van der Waals surface area (Å²) in [5, 5.41) is 15.5. The minimum atomic E-state index is -0.144. The smallest absolute Gasteiger partial charge is 0.322 e. The Morgan fingerprint density at radius 1 is 1.23 bits per heavy atom. The van der Waals surface area contributed by atoms with Gasteiger partial charge >= 0.3 is 6.03 Å². The molecule has 2 amide bonds. The van der Waals surface area contributed by atoms with Crippen LogP contribution in [0, 0.1) is 18.4 Å². The number of hydrogen-bond acceptors (Lipinski definition) is 3. The zero-order valence-electron chi connectivity index (χ0n) is 17.1. The third-order valence-corrected chi connectivity index (χ3v) is 5.37. The Morgan fingerprint density at radius 2 is 1.97 bits per heavy atom. The SMILES string of the molecule is CCC1CN(C(=Nc2ccccc2C)NC#N)CCN1C(=O)Nc1ccc(Cl)cc1. The highest BCUT2D eigenvalue weighted by Crippen LogP contribution is 2.20. The Hall–Kier alpha value is -3.24. The van der Waals surface area contributed by atoms with Gasteiger partial charge in [0, 0.05) is 30.3 Å². The molecule has 1 aliphatic rings. The maximum atomic E-state index is 12.8. The van der Waals surface area contributed by atoms with E-state index in [1.165, 1.54) is 0 Å². The van der Waals surface area contributed by atoms with Crippen LogP contribution in [0.15, 0.2) is 53.5 Å². The summed E-state index contributed by atoms with van der Waals surface area (Å²) in [4.78, 5) is 21.3. The molecule has 1 saturated heterocycles. The number of benzene rings is 2. The van der Waals surface area contributed by atoms with Crippen LogP contribution in [0.4, 0.5) is 16.2 Å². The molecule has 3 rings (SSSR count). The Labute approximate surface area is 182 Å². The van der Waals surface area contributed by atoms with E-state index < -0.39 is 0 Å². The fraction of sp³-hybridized carbons (Fsp3) is 0.318. The lowest BCUT2D eigenvalue weighted by Crippen LogP contribution is -2.58. The number of para-hydroxylation sites is 1. The fourth-order valence-electron chi connectivity index (χ4n) is 3.42. The van der Waals surface area contributed by atoms with Gasteiger partial charge in [0.25, 0.3) is 0 Å². The van der Waals surface area contributed by atoms with E-state index in [2.05, 4.69) is 15.6 Å². The Morgan fingerprint density at radius 3 is 2.63 bits per heavy atom. The quantitative estimate of drug-likeness (QED) is 0.332. The van der Waals surface area contributed by atoms with Gasteiger partial charge in [-0.2, -0.15) is 5.26 Å². The number of carbonyl (C=O) groups is 1. The predicted octanol–water partition coefficient (Wildman–Crippen LogP) is 4.33. The minimum absolute atomic E-state index is 0.00591. The number of carbonyl (C=O) groups excluding carboxylic acids is 1. The monoisotopic (exact) mass is 424 g/mol. The Balaban J connectivity index is 1.73. The van der Waals surface area contributed by atoms with Crippen molar-refractivity contribution in [1.29, 1.82) is 5.26 Å². The Kier molecular flexibility index (Phi) is 7.15. The second-order valence-corrected chi connectivity index (χ2v) is 7.53. The molecule has 0 saturated carbocycles. The summed E-state index contributed by atoms with van der Waals surface area (Å²) in [6.07, 6.45) is 2.77. The number of urea groups is 1. The second-order valence-electron chi connectivity index (χ2n) is 7.10. The molecule has 1 aliphatic heterocycles. The van der Waals surface area contributed by atoms with E-state index in [4.69, 9.17) is 11.6 Å². The summed E-state index contributed by atoms with van der Waals surface area (Å²) in [6, 6.07) is 14.7. The van der Waals surface area contributed by atoms with Crippen molar-refractivity contribution in [1.82, 2.24) is 15.1 Å². The number of nitrogens with one attached hydrogen (secondary N) is 2. The third-order valence-electron chi connectivity index (χ3n) is 5.12. The van der Waals surface area contributed by atoms with Crippen molar-refractivity contribution in [2.24, 2.45) is 4.99 Å². The van der Waals surface area contributed by atoms with Gasteiger partial charge in [-0.25, -0.2) is 9.79 Å². The molecule has 0 radical (unpaired) electrons. The van der Waals surface area contributed by atoms with Crippen LogP contribution in [0.5, 0.6) is 0 Å². The van der Waals surface area contributed by atoms with Crippen molar-refractivity contribution in [3.63, 3.8) is 0 Å². The van der Waals surface area contributed by atoms with Gasteiger partial charge in [-0.15, -0.1) is 0 Å². The first-order chi connectivity index (χ1) is 14.5. The van der Waals surface area contributed by atoms with Gasteiger partial charge in [-0.3, -0.25) is 5.32 Å². The zero-order chi connectivity index (χ0) is 21.5. The molecule has 8 heteroatoms. The molecule has 1 fully saturated rings. The van der Waals surface area contributed by atoms with E-state index in [9.17, 15) is 10.1 Å². The van der Waals surface area contributed by atoms with Gasteiger partial charge in [-0.1, -0.05) is 36.7 Å². The maximum Gasteiger partial charge on any atom is 0.322 e. The van der Waals surface area contributed by atoms with E-state index in [-0.39, 0.29) is 12.1 Å². The average Bonchev–Trinajstić information content (AvgIpc) is 2.76. The standard InChI is InChI=1S/C22H25ClN6O/c1-3-19-14-28(21(25-15-24)27-20-7-5-4-6-16(20)2)12-13-29(19)22(30)26-18-10-8-17(23)9-11-18/h4-11,19H,3,12-14H2,1-2H3,(H,25,27)(H,26,30). The van der Waals surface area contributed by atoms with Gasteiger partial charge in [0.15, 0.2) is 6.19 Å². The van der Waals surface area contributed by atoms with Crippen molar-refractivity contribution in [2.75, 3.05) is 25.0 Å². The van der Waals surface area contributed by atoms with E-state index in [1.807, 2.05) is 54.1 Å². The highest BCUT2D eigenvalue weighted by atomic mass is 35.5. The van der Waals surface area contributed by atoms with Crippen LogP contribution in [0.1, 0.15) is 18.9 Å². The van der Waals surface area contributed by atoms with Crippen molar-refractivity contribution >= 4 is 35.0 Å². The molecule has 2 aromatic rings. The molecule has 0 spiro atoms. The van der Waals surface area contributed by atoms with Gasteiger partial charge in [0.1, 0.15) is 0 Å². The molecular formula is C22H25ClN6O. The van der Waals surface area contributed by atoms with Crippen molar-refractivity contribution < 1.29 is 4.79 Å². The number of guanidine groups is 1. The van der Waals surface area contributed by atoms with E-state index in [1.54, 1.807) is 24.3 Å². The number of nitriles is 1. The number of piperazine rings is 1. The van der Waals surface area contributed by atoms with Crippen LogP contribution in [0.2, 0.25) is 5.02 Å². The summed E-state index contributed by atoms with van der Waals surface area (Å²) in [6.45, 7) is 5.72. The van der Waals surface area contributed by atoms with E-state index in [0.717, 1.165) is 17.7 Å². The lowest BCUT2D eigenvalue weighted by Gasteiger charge is -2.41. The normalized spacial score (nSPS) is 16.7. The van der Waals surface area contributed by atoms with Gasteiger partial charge in [0.2, 0.25) is 5.96 Å². The predicted molar refractivity (Wildman–Crippen MR) is 120 cm³/mol. The van der Waals surface area contributed by atoms with Crippen molar-refractivity contribution in [3.05, 3.63) is 59.1 Å². The molecule has 7 nitrogen and oxygen atoms in total. The molecule has 2 aromatic carbocycles. The van der Waals surface area contributed by atoms with Crippen LogP contribution in [0.25, 0.3) is 0 Å². The highest BCUT2D eigenvalue weighted by Gasteiger charge is 2.31. The van der Waals surface area contributed by atoms with Crippen LogP contribution in [0.3, 0.4) is 0 Å². The van der Waals surface area contributed by atoms with Crippen LogP contribution >= 0.6 is 11.6 Å². The summed E-state index contributed by atoms with van der Waals surface area (Å²) >= 11 is 5.91. The molecular weight excluding hydrogens is 400 g/mol. The first kappa shape index (κ1) is 21.5. The highest BCUT2D eigenvalue weighted by molar-refractivity contribution is 6.30. The lowest BCUT2D eigenvalue weighted by atomic mass is 10.1. The number of rotatable bonds is 3. The van der Waals surface area contributed by atoms with Gasteiger partial charge < -0.3 is 15.1 Å². The zero-order valence-corrected chi connectivity index (χ0v) is 17.9.